The summed E-state index contributed by atoms with van der Waals surface area (Å²) in [6, 6.07) is 19.3. The van der Waals surface area contributed by atoms with Crippen molar-refractivity contribution in [3.8, 4) is 0 Å². The van der Waals surface area contributed by atoms with Crippen LogP contribution in [0.3, 0.4) is 0 Å². The van der Waals surface area contributed by atoms with Crippen molar-refractivity contribution in [1.29, 1.82) is 0 Å². The Hall–Kier alpha value is -1.87. The second-order valence-electron chi connectivity index (χ2n) is 7.93. The molecule has 1 aliphatic heterocycles. The molecular weight excluding hydrogens is 471 g/mol. The van der Waals surface area contributed by atoms with Gasteiger partial charge in [-0.3, -0.25) is 4.57 Å². The monoisotopic (exact) mass is 506 g/mol. The predicted octanol–water partition coefficient (Wildman–Crippen LogP) is 4.67. The molecule has 1 heterocycles. The van der Waals surface area contributed by atoms with Gasteiger partial charge in [0.05, 0.1) is 26.4 Å². The molecule has 0 saturated carbocycles. The third-order valence-electron chi connectivity index (χ3n) is 5.44. The van der Waals surface area contributed by atoms with Gasteiger partial charge in [0, 0.05) is 12.9 Å². The van der Waals surface area contributed by atoms with E-state index in [1.165, 1.54) is 19.0 Å². The highest BCUT2D eigenvalue weighted by molar-refractivity contribution is 7.57. The maximum atomic E-state index is 12.9. The third-order valence-corrected chi connectivity index (χ3v) is 7.21. The first-order valence-electron chi connectivity index (χ1n) is 11.7. The topological polar surface area (TPSA) is 92.7 Å². The number of hydrogen-bond donors (Lipinski definition) is 1. The fourth-order valence-corrected chi connectivity index (χ4v) is 5.12. The van der Waals surface area contributed by atoms with Gasteiger partial charge < -0.3 is 33.1 Å². The van der Waals surface area contributed by atoms with E-state index in [1.807, 2.05) is 60.7 Å². The number of methoxy groups -OCH3 is 1. The van der Waals surface area contributed by atoms with Crippen molar-refractivity contribution in [3.05, 3.63) is 83.7 Å². The first-order valence-corrected chi connectivity index (χ1v) is 13.4. The zero-order chi connectivity index (χ0) is 25.1. The number of aliphatic hydroxyl groups is 1. The SMILES string of the molecule is CCOP(=O)(/C=C/C1OC(OC)C(OCc2ccccc2)C(OCc2ccccc2)C1O)OCC. The largest absolute Gasteiger partial charge is 0.387 e. The lowest BCUT2D eigenvalue weighted by Crippen LogP contribution is -2.59. The first-order chi connectivity index (χ1) is 17.0. The molecule has 2 aromatic rings. The van der Waals surface area contributed by atoms with Gasteiger partial charge in [0.25, 0.3) is 0 Å². The number of ether oxygens (including phenoxy) is 4. The van der Waals surface area contributed by atoms with Crippen LogP contribution < -0.4 is 0 Å². The normalized spacial score (nSPS) is 25.2. The van der Waals surface area contributed by atoms with E-state index in [0.29, 0.717) is 0 Å². The molecular formula is C26H35O8P. The number of aliphatic hydroxyl groups excluding tert-OH is 1. The summed E-state index contributed by atoms with van der Waals surface area (Å²) in [5.41, 5.74) is 1.92. The van der Waals surface area contributed by atoms with Gasteiger partial charge in [-0.05, 0) is 31.1 Å². The van der Waals surface area contributed by atoms with Gasteiger partial charge in [-0.15, -0.1) is 0 Å². The van der Waals surface area contributed by atoms with E-state index in [9.17, 15) is 9.67 Å². The lowest BCUT2D eigenvalue weighted by Gasteiger charge is -2.43. The Morgan fingerprint density at radius 1 is 0.886 bits per heavy atom. The lowest BCUT2D eigenvalue weighted by molar-refractivity contribution is -0.301. The summed E-state index contributed by atoms with van der Waals surface area (Å²) >= 11 is 0. The molecule has 2 aromatic carbocycles. The molecule has 1 aliphatic rings. The Bertz CT molecular complexity index is 929. The van der Waals surface area contributed by atoms with Gasteiger partial charge in [0.1, 0.15) is 24.4 Å². The lowest BCUT2D eigenvalue weighted by atomic mass is 9.98. The van der Waals surface area contributed by atoms with E-state index in [-0.39, 0.29) is 26.4 Å². The fourth-order valence-electron chi connectivity index (χ4n) is 3.77. The van der Waals surface area contributed by atoms with Crippen LogP contribution in [0.15, 0.2) is 72.6 Å². The zero-order valence-corrected chi connectivity index (χ0v) is 21.3. The average molecular weight is 507 g/mol. The predicted molar refractivity (Wildman–Crippen MR) is 132 cm³/mol. The smallest absolute Gasteiger partial charge is 0.353 e. The van der Waals surface area contributed by atoms with Gasteiger partial charge in [0.2, 0.25) is 0 Å². The molecule has 1 fully saturated rings. The average Bonchev–Trinajstić information content (AvgIpc) is 2.87. The molecule has 3 rings (SSSR count). The van der Waals surface area contributed by atoms with Crippen LogP contribution in [0.2, 0.25) is 0 Å². The van der Waals surface area contributed by atoms with E-state index < -0.39 is 38.3 Å². The minimum atomic E-state index is -3.48. The van der Waals surface area contributed by atoms with E-state index >= 15 is 0 Å². The van der Waals surface area contributed by atoms with E-state index in [4.69, 9.17) is 28.0 Å². The second kappa shape index (κ2) is 14.0. The summed E-state index contributed by atoms with van der Waals surface area (Å²) in [4.78, 5) is 0. The van der Waals surface area contributed by atoms with Crippen LogP contribution in [-0.2, 0) is 45.8 Å². The molecule has 0 spiro atoms. The highest BCUT2D eigenvalue weighted by Gasteiger charge is 2.46. The molecule has 5 unspecified atom stereocenters. The zero-order valence-electron chi connectivity index (χ0n) is 20.4. The fraction of sp³-hybridized carbons (Fsp3) is 0.462. The second-order valence-corrected chi connectivity index (χ2v) is 9.83. The van der Waals surface area contributed by atoms with Crippen LogP contribution in [0.1, 0.15) is 25.0 Å². The molecule has 192 valence electrons. The first kappa shape index (κ1) is 27.7. The van der Waals surface area contributed by atoms with Crippen molar-refractivity contribution in [1.82, 2.24) is 0 Å². The van der Waals surface area contributed by atoms with Crippen molar-refractivity contribution in [2.45, 2.75) is 57.8 Å². The summed E-state index contributed by atoms with van der Waals surface area (Å²) in [7, 11) is -1.97. The van der Waals surface area contributed by atoms with Crippen molar-refractivity contribution >= 4 is 7.60 Å². The molecule has 1 saturated heterocycles. The van der Waals surface area contributed by atoms with Gasteiger partial charge in [-0.1, -0.05) is 60.7 Å². The van der Waals surface area contributed by atoms with E-state index in [2.05, 4.69) is 0 Å². The minimum absolute atomic E-state index is 0.217. The summed E-state index contributed by atoms with van der Waals surface area (Å²) < 4.78 is 47.4. The Morgan fingerprint density at radius 2 is 1.40 bits per heavy atom. The number of hydrogen-bond acceptors (Lipinski definition) is 8. The Morgan fingerprint density at radius 3 is 1.89 bits per heavy atom. The highest BCUT2D eigenvalue weighted by Crippen LogP contribution is 2.50. The molecule has 1 N–H and O–H groups in total. The molecule has 0 amide bonds. The van der Waals surface area contributed by atoms with Crippen LogP contribution in [-0.4, -0.2) is 56.1 Å². The highest BCUT2D eigenvalue weighted by atomic mass is 31.2. The van der Waals surface area contributed by atoms with Crippen molar-refractivity contribution in [2.24, 2.45) is 0 Å². The van der Waals surface area contributed by atoms with Crippen LogP contribution in [0, 0.1) is 0 Å². The molecule has 35 heavy (non-hydrogen) atoms. The van der Waals surface area contributed by atoms with Crippen LogP contribution in [0.5, 0.6) is 0 Å². The quantitative estimate of drug-likeness (QED) is 0.392. The Balaban J connectivity index is 1.81. The van der Waals surface area contributed by atoms with Gasteiger partial charge >= 0.3 is 7.60 Å². The third kappa shape index (κ3) is 8.07. The molecule has 5 atom stereocenters. The van der Waals surface area contributed by atoms with Gasteiger partial charge in [-0.2, -0.15) is 0 Å². The van der Waals surface area contributed by atoms with Gasteiger partial charge in [0.15, 0.2) is 6.29 Å². The van der Waals surface area contributed by atoms with E-state index in [0.717, 1.165) is 11.1 Å². The van der Waals surface area contributed by atoms with Crippen LogP contribution in [0.25, 0.3) is 0 Å². The molecule has 0 aromatic heterocycles. The maximum Gasteiger partial charge on any atom is 0.353 e. The Kier molecular flexibility index (Phi) is 11.1. The maximum absolute atomic E-state index is 12.9. The summed E-state index contributed by atoms with van der Waals surface area (Å²) in [5, 5.41) is 11.2. The standard InChI is InChI=1S/C26H35O8P/c1-4-32-35(28,33-5-2)17-16-22-23(27)24(30-18-20-12-8-6-9-13-20)25(26(29-3)34-22)31-19-21-14-10-7-11-15-21/h6-17,22-27H,4-5,18-19H2,1-3H3/b17-16+. The number of rotatable bonds is 13. The molecule has 8 nitrogen and oxygen atoms in total. The van der Waals surface area contributed by atoms with Crippen molar-refractivity contribution < 1.29 is 37.7 Å². The van der Waals surface area contributed by atoms with Crippen molar-refractivity contribution in [3.63, 3.8) is 0 Å². The van der Waals surface area contributed by atoms with Crippen LogP contribution in [0.4, 0.5) is 0 Å². The van der Waals surface area contributed by atoms with Crippen LogP contribution >= 0.6 is 7.60 Å². The number of benzene rings is 2. The Labute approximate surface area is 207 Å². The van der Waals surface area contributed by atoms with Gasteiger partial charge in [-0.25, -0.2) is 0 Å². The van der Waals surface area contributed by atoms with E-state index in [1.54, 1.807) is 13.8 Å². The molecule has 0 radical (unpaired) electrons. The molecule has 0 bridgehead atoms. The summed E-state index contributed by atoms with van der Waals surface area (Å²) in [5.74, 6) is 1.32. The summed E-state index contributed by atoms with van der Waals surface area (Å²) in [6.45, 7) is 4.44. The molecule has 0 aliphatic carbocycles. The minimum Gasteiger partial charge on any atom is -0.387 e. The summed E-state index contributed by atoms with van der Waals surface area (Å²) in [6.07, 6.45) is -2.86. The van der Waals surface area contributed by atoms with Crippen molar-refractivity contribution in [2.75, 3.05) is 20.3 Å². The molecule has 9 heteroatoms.